The molecule has 4 heteroatoms. The molecule has 2 aliphatic rings. The predicted octanol–water partition coefficient (Wildman–Crippen LogP) is 2.55. The lowest BCUT2D eigenvalue weighted by molar-refractivity contribution is -0.295. The highest BCUT2D eigenvalue weighted by Crippen LogP contribution is 2.59. The van der Waals surface area contributed by atoms with E-state index in [1.54, 1.807) is 0 Å². The maximum atomic E-state index is 6.39. The van der Waals surface area contributed by atoms with E-state index < -0.39 is 7.26 Å². The molecule has 2 fully saturated rings. The minimum Gasteiger partial charge on any atom is -1.00 e. The highest BCUT2D eigenvalue weighted by molar-refractivity contribution is 7.95. The van der Waals surface area contributed by atoms with Crippen LogP contribution in [0.3, 0.4) is 0 Å². The van der Waals surface area contributed by atoms with E-state index in [0.717, 1.165) is 38.6 Å². The smallest absolute Gasteiger partial charge is 0.168 e. The molecule has 2 nitrogen and oxygen atoms in total. The Morgan fingerprint density at radius 1 is 0.727 bits per heavy atom. The molecule has 0 amide bonds. The van der Waals surface area contributed by atoms with E-state index >= 15 is 0 Å². The molecule has 1 heterocycles. The van der Waals surface area contributed by atoms with E-state index in [1.807, 2.05) is 0 Å². The van der Waals surface area contributed by atoms with Crippen molar-refractivity contribution in [3.05, 3.63) is 91.0 Å². The van der Waals surface area contributed by atoms with E-state index in [-0.39, 0.29) is 35.2 Å². The normalized spacial score (nSPS) is 21.5. The largest absolute Gasteiger partial charge is 1.00 e. The van der Waals surface area contributed by atoms with Gasteiger partial charge in [0.2, 0.25) is 0 Å². The van der Waals surface area contributed by atoms with Gasteiger partial charge in [0.15, 0.2) is 5.79 Å². The number of halogens is 1. The summed E-state index contributed by atoms with van der Waals surface area (Å²) in [5.41, 5.74) is 0.109. The Morgan fingerprint density at radius 3 is 1.58 bits per heavy atom. The first kappa shape index (κ1) is 24.9. The van der Waals surface area contributed by atoms with Crippen LogP contribution in [0.15, 0.2) is 91.0 Å². The van der Waals surface area contributed by atoms with Crippen molar-refractivity contribution in [3.63, 3.8) is 0 Å². The SMILES string of the molecule is CC1(C)COC2(CCC(C[P+](c3ccccc3)(c3ccccc3)c3ccccc3)C2)OC1.[I-]. The third kappa shape index (κ3) is 5.07. The number of ether oxygens (including phenoxy) is 2. The molecule has 1 unspecified atom stereocenters. The van der Waals surface area contributed by atoms with Gasteiger partial charge in [0.05, 0.1) is 19.4 Å². The van der Waals surface area contributed by atoms with Gasteiger partial charge in [-0.3, -0.25) is 0 Å². The van der Waals surface area contributed by atoms with Crippen molar-refractivity contribution >= 4 is 23.2 Å². The fourth-order valence-corrected chi connectivity index (χ4v) is 10.1. The summed E-state index contributed by atoms with van der Waals surface area (Å²) in [5.74, 6) is 0.199. The van der Waals surface area contributed by atoms with Crippen molar-refractivity contribution < 1.29 is 33.5 Å². The first-order valence-electron chi connectivity index (χ1n) is 11.8. The van der Waals surface area contributed by atoms with E-state index in [4.69, 9.17) is 9.47 Å². The third-order valence-corrected chi connectivity index (χ3v) is 11.7. The summed E-state index contributed by atoms with van der Waals surface area (Å²) in [7, 11) is -1.81. The molecule has 174 valence electrons. The molecule has 1 saturated heterocycles. The van der Waals surface area contributed by atoms with E-state index in [0.29, 0.717) is 5.92 Å². The van der Waals surface area contributed by atoms with Crippen LogP contribution in [0.5, 0.6) is 0 Å². The Hall–Kier alpha value is -1.26. The van der Waals surface area contributed by atoms with Crippen molar-refractivity contribution in [2.24, 2.45) is 11.3 Å². The number of hydrogen-bond donors (Lipinski definition) is 0. The predicted molar refractivity (Wildman–Crippen MR) is 136 cm³/mol. The zero-order valence-corrected chi connectivity index (χ0v) is 22.7. The van der Waals surface area contributed by atoms with Crippen LogP contribution >= 0.6 is 7.26 Å². The summed E-state index contributed by atoms with van der Waals surface area (Å²) in [6.45, 7) is 6.03. The van der Waals surface area contributed by atoms with Crippen LogP contribution in [0.2, 0.25) is 0 Å². The molecular formula is C29H34IO2P. The Morgan fingerprint density at radius 2 is 1.15 bits per heavy atom. The minimum atomic E-state index is -1.81. The molecule has 1 spiro atoms. The second-order valence-corrected chi connectivity index (χ2v) is 13.8. The Labute approximate surface area is 216 Å². The summed E-state index contributed by atoms with van der Waals surface area (Å²) in [6, 6.07) is 33.6. The molecule has 1 aliphatic heterocycles. The fourth-order valence-electron chi connectivity index (χ4n) is 5.42. The minimum absolute atomic E-state index is 0. The van der Waals surface area contributed by atoms with Gasteiger partial charge in [-0.25, -0.2) is 0 Å². The average Bonchev–Trinajstić information content (AvgIpc) is 3.24. The molecule has 0 bridgehead atoms. The number of rotatable bonds is 5. The number of hydrogen-bond acceptors (Lipinski definition) is 2. The highest BCUT2D eigenvalue weighted by atomic mass is 127. The summed E-state index contributed by atoms with van der Waals surface area (Å²) in [5, 5.41) is 4.39. The zero-order valence-electron chi connectivity index (χ0n) is 19.6. The lowest BCUT2D eigenvalue weighted by atomic mass is 9.94. The van der Waals surface area contributed by atoms with Gasteiger partial charge in [-0.05, 0) is 48.7 Å². The van der Waals surface area contributed by atoms with Crippen LogP contribution < -0.4 is 39.9 Å². The van der Waals surface area contributed by atoms with Crippen molar-refractivity contribution in [2.75, 3.05) is 19.4 Å². The monoisotopic (exact) mass is 572 g/mol. The Bertz CT molecular complexity index is 917. The van der Waals surface area contributed by atoms with Crippen LogP contribution in [0.1, 0.15) is 33.1 Å². The maximum absolute atomic E-state index is 6.39. The standard InChI is InChI=1S/C29H34O2P.HI/c1-28(2)22-30-29(31-23-28)19-18-24(20-29)21-32(25-12-6-3-7-13-25,26-14-8-4-9-15-26)27-16-10-5-11-17-27;/h3-17,24H,18-23H2,1-2H3;1H/q+1;/p-1. The van der Waals surface area contributed by atoms with E-state index in [9.17, 15) is 0 Å². The molecular weight excluding hydrogens is 538 g/mol. The first-order valence-corrected chi connectivity index (χ1v) is 13.8. The zero-order chi connectivity index (χ0) is 22.1. The summed E-state index contributed by atoms with van der Waals surface area (Å²) in [6.07, 6.45) is 4.32. The molecule has 0 radical (unpaired) electrons. The topological polar surface area (TPSA) is 18.5 Å². The number of benzene rings is 3. The molecule has 5 rings (SSSR count). The molecule has 3 aromatic carbocycles. The van der Waals surface area contributed by atoms with E-state index in [2.05, 4.69) is 105 Å². The van der Waals surface area contributed by atoms with Gasteiger partial charge in [0.25, 0.3) is 0 Å². The Balaban J connectivity index is 0.00000259. The van der Waals surface area contributed by atoms with Gasteiger partial charge < -0.3 is 33.5 Å². The van der Waals surface area contributed by atoms with Gasteiger partial charge in [-0.2, -0.15) is 0 Å². The van der Waals surface area contributed by atoms with Gasteiger partial charge in [-0.15, -0.1) is 0 Å². The molecule has 33 heavy (non-hydrogen) atoms. The highest BCUT2D eigenvalue weighted by Gasteiger charge is 2.52. The Kier molecular flexibility index (Phi) is 7.65. The lowest BCUT2D eigenvalue weighted by Crippen LogP contribution is -3.00. The fraction of sp³-hybridized carbons (Fsp3) is 0.379. The molecule has 0 N–H and O–H groups in total. The van der Waals surface area contributed by atoms with Crippen molar-refractivity contribution in [2.45, 2.75) is 38.9 Å². The maximum Gasteiger partial charge on any atom is 0.168 e. The second-order valence-electron chi connectivity index (χ2n) is 10.3. The third-order valence-electron chi connectivity index (χ3n) is 7.11. The van der Waals surface area contributed by atoms with Gasteiger partial charge >= 0.3 is 0 Å². The van der Waals surface area contributed by atoms with E-state index in [1.165, 1.54) is 15.9 Å². The van der Waals surface area contributed by atoms with Crippen LogP contribution in [0.25, 0.3) is 0 Å². The molecule has 0 aromatic heterocycles. The van der Waals surface area contributed by atoms with Crippen molar-refractivity contribution in [3.8, 4) is 0 Å². The summed E-state index contributed by atoms with van der Waals surface area (Å²) in [4.78, 5) is 0. The quantitative estimate of drug-likeness (QED) is 0.346. The molecule has 1 aliphatic carbocycles. The van der Waals surface area contributed by atoms with Gasteiger partial charge in [0, 0.05) is 18.3 Å². The molecule has 3 aromatic rings. The van der Waals surface area contributed by atoms with Crippen LogP contribution in [-0.4, -0.2) is 25.2 Å². The molecule has 1 atom stereocenters. The lowest BCUT2D eigenvalue weighted by Gasteiger charge is -2.41. The van der Waals surface area contributed by atoms with Crippen LogP contribution in [-0.2, 0) is 9.47 Å². The average molecular weight is 572 g/mol. The van der Waals surface area contributed by atoms with Gasteiger partial charge in [-0.1, -0.05) is 68.4 Å². The van der Waals surface area contributed by atoms with Crippen molar-refractivity contribution in [1.29, 1.82) is 0 Å². The summed E-state index contributed by atoms with van der Waals surface area (Å²) >= 11 is 0. The summed E-state index contributed by atoms with van der Waals surface area (Å²) < 4.78 is 12.8. The van der Waals surface area contributed by atoms with Crippen molar-refractivity contribution in [1.82, 2.24) is 0 Å². The first-order chi connectivity index (χ1) is 15.5. The van der Waals surface area contributed by atoms with Crippen LogP contribution in [0.4, 0.5) is 0 Å². The van der Waals surface area contributed by atoms with Gasteiger partial charge in [0.1, 0.15) is 23.2 Å². The second kappa shape index (κ2) is 10.2. The molecule has 1 saturated carbocycles. The van der Waals surface area contributed by atoms with Crippen LogP contribution in [0, 0.1) is 11.3 Å².